The van der Waals surface area contributed by atoms with Crippen molar-refractivity contribution in [3.63, 3.8) is 0 Å². The van der Waals surface area contributed by atoms with Gasteiger partial charge in [-0.2, -0.15) is 4.91 Å². The SMILES string of the molecule is CC(C)(C)C(Cn1cnc(Br)n1)N=O. The van der Waals surface area contributed by atoms with E-state index in [0.717, 1.165) is 0 Å². The molecular formula is C8H13BrN4O. The van der Waals surface area contributed by atoms with E-state index in [-0.39, 0.29) is 11.5 Å². The zero-order chi connectivity index (χ0) is 10.8. The summed E-state index contributed by atoms with van der Waals surface area (Å²) in [4.78, 5) is 14.6. The van der Waals surface area contributed by atoms with Crippen LogP contribution in [0.3, 0.4) is 0 Å². The molecule has 1 unspecified atom stereocenters. The fraction of sp³-hybridized carbons (Fsp3) is 0.750. The predicted octanol–water partition coefficient (Wildman–Crippen LogP) is 2.22. The molecule has 78 valence electrons. The monoisotopic (exact) mass is 260 g/mol. The minimum absolute atomic E-state index is 0.153. The maximum Gasteiger partial charge on any atom is 0.217 e. The molecule has 1 aromatic rings. The largest absolute Gasteiger partial charge is 0.249 e. The minimum Gasteiger partial charge on any atom is -0.249 e. The summed E-state index contributed by atoms with van der Waals surface area (Å²) >= 11 is 3.14. The molecule has 1 heterocycles. The summed E-state index contributed by atoms with van der Waals surface area (Å²) < 4.78 is 2.14. The van der Waals surface area contributed by atoms with E-state index in [4.69, 9.17) is 0 Å². The Kier molecular flexibility index (Phi) is 3.36. The molecule has 0 radical (unpaired) electrons. The molecule has 1 atom stereocenters. The molecule has 5 nitrogen and oxygen atoms in total. The molecule has 0 aliphatic rings. The first-order valence-electron chi connectivity index (χ1n) is 4.31. The van der Waals surface area contributed by atoms with Crippen LogP contribution < -0.4 is 0 Å². The Labute approximate surface area is 91.0 Å². The van der Waals surface area contributed by atoms with E-state index in [2.05, 4.69) is 31.2 Å². The van der Waals surface area contributed by atoms with Gasteiger partial charge >= 0.3 is 0 Å². The van der Waals surface area contributed by atoms with E-state index in [0.29, 0.717) is 11.3 Å². The Morgan fingerprint density at radius 2 is 2.29 bits per heavy atom. The Hall–Kier alpha value is -0.780. The minimum atomic E-state index is -0.295. The smallest absolute Gasteiger partial charge is 0.217 e. The number of rotatable bonds is 3. The average molecular weight is 261 g/mol. The van der Waals surface area contributed by atoms with Gasteiger partial charge in [-0.3, -0.25) is 0 Å². The third kappa shape index (κ3) is 2.87. The normalized spacial score (nSPS) is 14.0. The summed E-state index contributed by atoms with van der Waals surface area (Å²) in [5.41, 5.74) is -0.153. The van der Waals surface area contributed by atoms with Gasteiger partial charge in [0.2, 0.25) is 4.73 Å². The fourth-order valence-electron chi connectivity index (χ4n) is 1.00. The fourth-order valence-corrected chi connectivity index (χ4v) is 1.30. The zero-order valence-corrected chi connectivity index (χ0v) is 10.0. The van der Waals surface area contributed by atoms with Crippen molar-refractivity contribution in [2.24, 2.45) is 10.6 Å². The molecule has 0 spiro atoms. The number of nitroso groups, excluding NO2 is 1. The second-order valence-electron chi connectivity index (χ2n) is 4.22. The molecule has 1 rings (SSSR count). The van der Waals surface area contributed by atoms with Gasteiger partial charge < -0.3 is 0 Å². The quantitative estimate of drug-likeness (QED) is 0.784. The van der Waals surface area contributed by atoms with Gasteiger partial charge in [0.1, 0.15) is 12.4 Å². The standard InChI is InChI=1S/C8H13BrN4O/c1-8(2,3)6(12-14)4-13-5-10-7(9)11-13/h5-6H,4H2,1-3H3. The van der Waals surface area contributed by atoms with Crippen LogP contribution in [-0.2, 0) is 6.54 Å². The van der Waals surface area contributed by atoms with Crippen LogP contribution in [0.25, 0.3) is 0 Å². The molecule has 0 saturated heterocycles. The Morgan fingerprint density at radius 3 is 2.64 bits per heavy atom. The first-order valence-corrected chi connectivity index (χ1v) is 5.10. The van der Waals surface area contributed by atoms with Crippen molar-refractivity contribution >= 4 is 15.9 Å². The number of hydrogen-bond donors (Lipinski definition) is 0. The number of hydrogen-bond acceptors (Lipinski definition) is 4. The zero-order valence-electron chi connectivity index (χ0n) is 8.44. The molecule has 0 N–H and O–H groups in total. The van der Waals surface area contributed by atoms with Crippen molar-refractivity contribution in [3.8, 4) is 0 Å². The van der Waals surface area contributed by atoms with Crippen LogP contribution in [0.2, 0.25) is 0 Å². The van der Waals surface area contributed by atoms with E-state index in [1.54, 1.807) is 11.0 Å². The highest BCUT2D eigenvalue weighted by molar-refractivity contribution is 9.10. The maximum atomic E-state index is 10.6. The molecule has 0 amide bonds. The second kappa shape index (κ2) is 4.16. The molecule has 0 fully saturated rings. The topological polar surface area (TPSA) is 60.1 Å². The van der Waals surface area contributed by atoms with Gasteiger partial charge in [-0.1, -0.05) is 25.9 Å². The number of halogens is 1. The molecule has 0 saturated carbocycles. The highest BCUT2D eigenvalue weighted by Gasteiger charge is 2.26. The molecule has 1 aromatic heterocycles. The van der Waals surface area contributed by atoms with E-state index in [1.165, 1.54) is 0 Å². The molecule has 0 aromatic carbocycles. The van der Waals surface area contributed by atoms with E-state index in [1.807, 2.05) is 20.8 Å². The Balaban J connectivity index is 2.71. The van der Waals surface area contributed by atoms with Crippen LogP contribution in [0, 0.1) is 10.3 Å². The van der Waals surface area contributed by atoms with Crippen LogP contribution in [-0.4, -0.2) is 20.8 Å². The van der Waals surface area contributed by atoms with Crippen molar-refractivity contribution in [3.05, 3.63) is 16.0 Å². The molecular weight excluding hydrogens is 248 g/mol. The summed E-state index contributed by atoms with van der Waals surface area (Å²) in [6, 6.07) is -0.295. The second-order valence-corrected chi connectivity index (χ2v) is 4.93. The predicted molar refractivity (Wildman–Crippen MR) is 56.8 cm³/mol. The lowest BCUT2D eigenvalue weighted by Gasteiger charge is -2.23. The third-order valence-corrected chi connectivity index (χ3v) is 2.36. The summed E-state index contributed by atoms with van der Waals surface area (Å²) in [6.07, 6.45) is 1.58. The van der Waals surface area contributed by atoms with E-state index >= 15 is 0 Å². The van der Waals surface area contributed by atoms with Gasteiger partial charge in [-0.15, -0.1) is 5.10 Å². The Bertz CT molecular complexity index is 317. The van der Waals surface area contributed by atoms with Gasteiger partial charge in [0.25, 0.3) is 0 Å². The van der Waals surface area contributed by atoms with Crippen LogP contribution in [0.5, 0.6) is 0 Å². The third-order valence-electron chi connectivity index (χ3n) is 2.00. The van der Waals surface area contributed by atoms with Crippen molar-refractivity contribution in [2.45, 2.75) is 33.4 Å². The molecule has 0 aliphatic carbocycles. The van der Waals surface area contributed by atoms with Gasteiger partial charge in [0.05, 0.1) is 6.54 Å². The van der Waals surface area contributed by atoms with Gasteiger partial charge in [0.15, 0.2) is 0 Å². The first kappa shape index (κ1) is 11.3. The lowest BCUT2D eigenvalue weighted by atomic mass is 9.87. The lowest BCUT2D eigenvalue weighted by molar-refractivity contribution is 0.283. The average Bonchev–Trinajstić information content (AvgIpc) is 2.45. The highest BCUT2D eigenvalue weighted by atomic mass is 79.9. The first-order chi connectivity index (χ1) is 6.43. The van der Waals surface area contributed by atoms with E-state index < -0.39 is 0 Å². The van der Waals surface area contributed by atoms with E-state index in [9.17, 15) is 4.91 Å². The summed E-state index contributed by atoms with van der Waals surface area (Å²) in [5.74, 6) is 0. The van der Waals surface area contributed by atoms with Crippen LogP contribution in [0.15, 0.2) is 16.2 Å². The lowest BCUT2D eigenvalue weighted by Crippen LogP contribution is -2.29. The Morgan fingerprint density at radius 1 is 1.64 bits per heavy atom. The number of nitrogens with zero attached hydrogens (tertiary/aromatic N) is 4. The number of aromatic nitrogens is 3. The summed E-state index contributed by atoms with van der Waals surface area (Å²) in [5, 5.41) is 7.15. The van der Waals surface area contributed by atoms with Crippen molar-refractivity contribution < 1.29 is 0 Å². The molecule has 0 aliphatic heterocycles. The molecule has 14 heavy (non-hydrogen) atoms. The highest BCUT2D eigenvalue weighted by Crippen LogP contribution is 2.23. The van der Waals surface area contributed by atoms with Gasteiger partial charge in [-0.05, 0) is 21.3 Å². The van der Waals surface area contributed by atoms with Crippen LogP contribution in [0.4, 0.5) is 0 Å². The van der Waals surface area contributed by atoms with Crippen molar-refractivity contribution in [1.82, 2.24) is 14.8 Å². The maximum absolute atomic E-state index is 10.6. The van der Waals surface area contributed by atoms with Crippen molar-refractivity contribution in [1.29, 1.82) is 0 Å². The van der Waals surface area contributed by atoms with Crippen LogP contribution >= 0.6 is 15.9 Å². The molecule has 6 heteroatoms. The van der Waals surface area contributed by atoms with Gasteiger partial charge in [0, 0.05) is 0 Å². The van der Waals surface area contributed by atoms with Crippen LogP contribution in [0.1, 0.15) is 20.8 Å². The summed E-state index contributed by atoms with van der Waals surface area (Å²) in [6.45, 7) is 6.40. The summed E-state index contributed by atoms with van der Waals surface area (Å²) in [7, 11) is 0. The van der Waals surface area contributed by atoms with Crippen molar-refractivity contribution in [2.75, 3.05) is 0 Å². The molecule has 0 bridgehead atoms. The van der Waals surface area contributed by atoms with Gasteiger partial charge in [-0.25, -0.2) is 9.67 Å².